The molecule has 0 aliphatic carbocycles. The zero-order valence-electron chi connectivity index (χ0n) is 16.0. The molecule has 6 nitrogen and oxygen atoms in total. The van der Waals surface area contributed by atoms with Crippen LogP contribution < -0.4 is 15.0 Å². The Kier molecular flexibility index (Phi) is 6.10. The molecule has 0 unspecified atom stereocenters. The van der Waals surface area contributed by atoms with Crippen molar-refractivity contribution in [1.82, 2.24) is 5.32 Å². The van der Waals surface area contributed by atoms with Gasteiger partial charge in [0.1, 0.15) is 11.3 Å². The molecule has 0 bridgehead atoms. The van der Waals surface area contributed by atoms with E-state index in [1.165, 1.54) is 6.08 Å². The fraction of sp³-hybridized carbons (Fsp3) is 0.190. The van der Waals surface area contributed by atoms with Crippen LogP contribution in [0.5, 0.6) is 5.75 Å². The van der Waals surface area contributed by atoms with Gasteiger partial charge in [-0.15, -0.1) is 0 Å². The summed E-state index contributed by atoms with van der Waals surface area (Å²) in [6.45, 7) is 5.52. The summed E-state index contributed by atoms with van der Waals surface area (Å²) in [4.78, 5) is 38.6. The number of halogens is 2. The number of amides is 4. The highest BCUT2D eigenvalue weighted by molar-refractivity contribution is 9.10. The van der Waals surface area contributed by atoms with Gasteiger partial charge in [0.05, 0.1) is 16.3 Å². The number of hydrogen-bond acceptors (Lipinski definition) is 4. The van der Waals surface area contributed by atoms with Gasteiger partial charge in [0.25, 0.3) is 11.8 Å². The number of nitrogens with one attached hydrogen (secondary N) is 1. The summed E-state index contributed by atoms with van der Waals surface area (Å²) in [6.07, 6.45) is 1.43. The molecule has 0 radical (unpaired) electrons. The second kappa shape index (κ2) is 8.39. The Morgan fingerprint density at radius 2 is 1.90 bits per heavy atom. The van der Waals surface area contributed by atoms with Crippen LogP contribution in [-0.4, -0.2) is 23.9 Å². The quantitative estimate of drug-likeness (QED) is 0.504. The van der Waals surface area contributed by atoms with Crippen molar-refractivity contribution in [3.63, 3.8) is 0 Å². The first kappa shape index (κ1) is 21.1. The van der Waals surface area contributed by atoms with Gasteiger partial charge < -0.3 is 4.74 Å². The minimum Gasteiger partial charge on any atom is -0.490 e. The second-order valence-electron chi connectivity index (χ2n) is 6.70. The van der Waals surface area contributed by atoms with Crippen LogP contribution >= 0.6 is 27.5 Å². The highest BCUT2D eigenvalue weighted by atomic mass is 79.9. The molecule has 1 N–H and O–H groups in total. The van der Waals surface area contributed by atoms with Crippen molar-refractivity contribution in [2.24, 2.45) is 0 Å². The Hall–Kier alpha value is -2.64. The molecule has 1 aliphatic rings. The van der Waals surface area contributed by atoms with E-state index in [9.17, 15) is 14.4 Å². The average molecular weight is 478 g/mol. The average Bonchev–Trinajstić information content (AvgIpc) is 2.64. The molecule has 8 heteroatoms. The standard InChI is InChI=1S/C21H18BrClN2O4/c1-11(2)29-18-8-7-13(10-15(18)22)9-14-19(26)24-21(28)25(20(14)27)17-6-4-5-16(23)12(17)3/h4-11H,1-3H3,(H,24,26,28)/b14-9+. The molecular formula is C21H18BrClN2O4. The van der Waals surface area contributed by atoms with Crippen LogP contribution in [-0.2, 0) is 9.59 Å². The fourth-order valence-electron chi connectivity index (χ4n) is 2.84. The lowest BCUT2D eigenvalue weighted by Crippen LogP contribution is -2.54. The third-order valence-electron chi connectivity index (χ3n) is 4.21. The number of carbonyl (C=O) groups excluding carboxylic acids is 3. The Morgan fingerprint density at radius 1 is 1.17 bits per heavy atom. The molecule has 2 aromatic carbocycles. The van der Waals surface area contributed by atoms with E-state index in [4.69, 9.17) is 16.3 Å². The summed E-state index contributed by atoms with van der Waals surface area (Å²) in [5.74, 6) is -0.828. The van der Waals surface area contributed by atoms with Crippen LogP contribution in [0.4, 0.5) is 10.5 Å². The summed E-state index contributed by atoms with van der Waals surface area (Å²) in [6, 6.07) is 9.27. The topological polar surface area (TPSA) is 75.7 Å². The molecule has 4 amide bonds. The molecule has 1 heterocycles. The molecule has 1 saturated heterocycles. The molecule has 2 aromatic rings. The lowest BCUT2D eigenvalue weighted by atomic mass is 10.1. The van der Waals surface area contributed by atoms with Crippen molar-refractivity contribution < 1.29 is 19.1 Å². The number of ether oxygens (including phenoxy) is 1. The number of rotatable bonds is 4. The Labute approximate surface area is 181 Å². The van der Waals surface area contributed by atoms with E-state index in [2.05, 4.69) is 21.2 Å². The minimum atomic E-state index is -0.815. The van der Waals surface area contributed by atoms with Crippen LogP contribution in [0, 0.1) is 6.92 Å². The second-order valence-corrected chi connectivity index (χ2v) is 7.96. The van der Waals surface area contributed by atoms with Gasteiger partial charge in [0.2, 0.25) is 0 Å². The van der Waals surface area contributed by atoms with Crippen molar-refractivity contribution in [2.75, 3.05) is 4.90 Å². The van der Waals surface area contributed by atoms with Gasteiger partial charge in [-0.25, -0.2) is 9.69 Å². The third kappa shape index (κ3) is 4.36. The number of anilines is 1. The molecule has 0 spiro atoms. The van der Waals surface area contributed by atoms with E-state index in [0.29, 0.717) is 32.1 Å². The number of nitrogens with zero attached hydrogens (tertiary/aromatic N) is 1. The van der Waals surface area contributed by atoms with Crippen molar-refractivity contribution in [1.29, 1.82) is 0 Å². The maximum absolute atomic E-state index is 13.0. The Morgan fingerprint density at radius 3 is 2.55 bits per heavy atom. The van der Waals surface area contributed by atoms with Gasteiger partial charge in [-0.2, -0.15) is 0 Å². The zero-order valence-corrected chi connectivity index (χ0v) is 18.3. The number of carbonyl (C=O) groups is 3. The number of benzene rings is 2. The predicted molar refractivity (Wildman–Crippen MR) is 115 cm³/mol. The summed E-state index contributed by atoms with van der Waals surface area (Å²) < 4.78 is 6.35. The van der Waals surface area contributed by atoms with Crippen molar-refractivity contribution >= 4 is 57.1 Å². The van der Waals surface area contributed by atoms with E-state index in [1.54, 1.807) is 43.3 Å². The van der Waals surface area contributed by atoms with Gasteiger partial charge in [-0.3, -0.25) is 14.9 Å². The van der Waals surface area contributed by atoms with E-state index in [1.807, 2.05) is 13.8 Å². The lowest BCUT2D eigenvalue weighted by Gasteiger charge is -2.27. The molecule has 29 heavy (non-hydrogen) atoms. The largest absolute Gasteiger partial charge is 0.490 e. The Bertz CT molecular complexity index is 1050. The van der Waals surface area contributed by atoms with Gasteiger partial charge in [-0.05, 0) is 78.2 Å². The smallest absolute Gasteiger partial charge is 0.335 e. The number of urea groups is 1. The maximum atomic E-state index is 13.0. The number of barbiturate groups is 1. The van der Waals surface area contributed by atoms with Crippen molar-refractivity contribution in [3.05, 3.63) is 62.6 Å². The molecule has 0 saturated carbocycles. The lowest BCUT2D eigenvalue weighted by molar-refractivity contribution is -0.122. The fourth-order valence-corrected chi connectivity index (χ4v) is 3.50. The first-order valence-electron chi connectivity index (χ1n) is 8.82. The first-order chi connectivity index (χ1) is 13.7. The van der Waals surface area contributed by atoms with Gasteiger partial charge in [-0.1, -0.05) is 23.7 Å². The molecule has 150 valence electrons. The number of hydrogen-bond donors (Lipinski definition) is 1. The van der Waals surface area contributed by atoms with Gasteiger partial charge in [0, 0.05) is 5.02 Å². The number of imide groups is 2. The predicted octanol–water partition coefficient (Wildman–Crippen LogP) is 4.86. The molecule has 1 aliphatic heterocycles. The van der Waals surface area contributed by atoms with Crippen LogP contribution in [0.1, 0.15) is 25.0 Å². The molecule has 3 rings (SSSR count). The minimum absolute atomic E-state index is 0.00158. The summed E-state index contributed by atoms with van der Waals surface area (Å²) in [7, 11) is 0. The van der Waals surface area contributed by atoms with Crippen molar-refractivity contribution in [3.8, 4) is 5.75 Å². The normalized spacial score (nSPS) is 15.9. The van der Waals surface area contributed by atoms with Crippen LogP contribution in [0.15, 0.2) is 46.4 Å². The third-order valence-corrected chi connectivity index (χ3v) is 5.24. The molecular weight excluding hydrogens is 460 g/mol. The highest BCUT2D eigenvalue weighted by Crippen LogP contribution is 2.31. The Balaban J connectivity index is 2.00. The van der Waals surface area contributed by atoms with Gasteiger partial charge in [0.15, 0.2) is 0 Å². The summed E-state index contributed by atoms with van der Waals surface area (Å²) in [5, 5.41) is 2.62. The van der Waals surface area contributed by atoms with Crippen LogP contribution in [0.3, 0.4) is 0 Å². The van der Waals surface area contributed by atoms with Crippen LogP contribution in [0.25, 0.3) is 6.08 Å². The first-order valence-corrected chi connectivity index (χ1v) is 9.99. The van der Waals surface area contributed by atoms with Gasteiger partial charge >= 0.3 is 6.03 Å². The summed E-state index contributed by atoms with van der Waals surface area (Å²) >= 11 is 9.55. The van der Waals surface area contributed by atoms with E-state index in [-0.39, 0.29) is 11.7 Å². The van der Waals surface area contributed by atoms with E-state index >= 15 is 0 Å². The SMILES string of the molecule is Cc1c(Cl)cccc1N1C(=O)NC(=O)/C(=C\c2ccc(OC(C)C)c(Br)c2)C1=O. The zero-order chi connectivity index (χ0) is 21.3. The van der Waals surface area contributed by atoms with E-state index < -0.39 is 17.8 Å². The van der Waals surface area contributed by atoms with E-state index in [0.717, 1.165) is 4.90 Å². The van der Waals surface area contributed by atoms with Crippen molar-refractivity contribution in [2.45, 2.75) is 26.9 Å². The van der Waals surface area contributed by atoms with Crippen LogP contribution in [0.2, 0.25) is 5.02 Å². The molecule has 0 atom stereocenters. The molecule has 0 aromatic heterocycles. The molecule has 1 fully saturated rings. The monoisotopic (exact) mass is 476 g/mol. The summed E-state index contributed by atoms with van der Waals surface area (Å²) in [5.41, 5.74) is 1.32. The highest BCUT2D eigenvalue weighted by Gasteiger charge is 2.37. The maximum Gasteiger partial charge on any atom is 0.335 e.